The number of nitrogens with zero attached hydrogens (tertiary/aromatic N) is 1. The van der Waals surface area contributed by atoms with Crippen molar-refractivity contribution in [1.82, 2.24) is 4.90 Å². The van der Waals surface area contributed by atoms with Crippen molar-refractivity contribution in [2.45, 2.75) is 19.8 Å². The van der Waals surface area contributed by atoms with Crippen molar-refractivity contribution in [3.8, 4) is 5.75 Å². The van der Waals surface area contributed by atoms with Crippen LogP contribution in [-0.4, -0.2) is 35.6 Å². The number of para-hydroxylation sites is 1. The molecule has 1 aliphatic heterocycles. The maximum absolute atomic E-state index is 12.7. The fourth-order valence-corrected chi connectivity index (χ4v) is 2.76. The molecule has 0 spiro atoms. The number of unbranched alkanes of at least 4 members (excludes halogenated alkanes) is 1. The molecule has 2 aromatic carbocycles. The summed E-state index contributed by atoms with van der Waals surface area (Å²) in [4.78, 5) is 38.4. The zero-order valence-electron chi connectivity index (χ0n) is 14.0. The molecule has 5 heteroatoms. The molecule has 3 rings (SSSR count). The number of carbonyl (C=O) groups is 3. The van der Waals surface area contributed by atoms with Gasteiger partial charge in [0, 0.05) is 0 Å². The molecule has 0 unspecified atom stereocenters. The van der Waals surface area contributed by atoms with E-state index in [9.17, 15) is 14.4 Å². The molecule has 0 saturated carbocycles. The van der Waals surface area contributed by atoms with E-state index in [0.717, 1.165) is 17.7 Å². The first-order valence-electron chi connectivity index (χ1n) is 8.33. The van der Waals surface area contributed by atoms with Gasteiger partial charge in [-0.15, -0.1) is 0 Å². The third-order valence-electron chi connectivity index (χ3n) is 4.12. The van der Waals surface area contributed by atoms with E-state index in [0.29, 0.717) is 29.0 Å². The highest BCUT2D eigenvalue weighted by Crippen LogP contribution is 2.24. The van der Waals surface area contributed by atoms with Gasteiger partial charge in [-0.3, -0.25) is 19.3 Å². The SMILES string of the molecule is CCCCOc1ccccc1C(=O)CN1C(=O)c2ccccc2C1=O. The zero-order valence-corrected chi connectivity index (χ0v) is 14.0. The first-order valence-corrected chi connectivity index (χ1v) is 8.33. The fraction of sp³-hybridized carbons (Fsp3) is 0.250. The minimum Gasteiger partial charge on any atom is -0.493 e. The fourth-order valence-electron chi connectivity index (χ4n) is 2.76. The van der Waals surface area contributed by atoms with Gasteiger partial charge in [0.1, 0.15) is 5.75 Å². The summed E-state index contributed by atoms with van der Waals surface area (Å²) in [6.45, 7) is 2.29. The number of imide groups is 1. The van der Waals surface area contributed by atoms with E-state index < -0.39 is 11.8 Å². The third-order valence-corrected chi connectivity index (χ3v) is 4.12. The van der Waals surface area contributed by atoms with Crippen LogP contribution in [0.1, 0.15) is 50.8 Å². The van der Waals surface area contributed by atoms with Crippen LogP contribution in [0.5, 0.6) is 5.75 Å². The van der Waals surface area contributed by atoms with Crippen molar-refractivity contribution >= 4 is 17.6 Å². The molecule has 0 fully saturated rings. The highest BCUT2D eigenvalue weighted by atomic mass is 16.5. The van der Waals surface area contributed by atoms with Crippen LogP contribution >= 0.6 is 0 Å². The van der Waals surface area contributed by atoms with E-state index in [1.165, 1.54) is 0 Å². The van der Waals surface area contributed by atoms with Gasteiger partial charge in [-0.25, -0.2) is 0 Å². The highest BCUT2D eigenvalue weighted by molar-refractivity contribution is 6.23. The number of fused-ring (bicyclic) bond motifs is 1. The van der Waals surface area contributed by atoms with Gasteiger partial charge in [0.25, 0.3) is 11.8 Å². The van der Waals surface area contributed by atoms with Crippen LogP contribution in [-0.2, 0) is 0 Å². The number of hydrogen-bond donors (Lipinski definition) is 0. The van der Waals surface area contributed by atoms with E-state index in [-0.39, 0.29) is 12.3 Å². The van der Waals surface area contributed by atoms with Gasteiger partial charge < -0.3 is 4.74 Å². The Morgan fingerprint density at radius 1 is 0.960 bits per heavy atom. The van der Waals surface area contributed by atoms with Gasteiger partial charge in [0.05, 0.1) is 29.8 Å². The molecule has 1 heterocycles. The van der Waals surface area contributed by atoms with Crippen molar-refractivity contribution in [2.24, 2.45) is 0 Å². The summed E-state index contributed by atoms with van der Waals surface area (Å²) in [5.74, 6) is -0.698. The largest absolute Gasteiger partial charge is 0.493 e. The first-order chi connectivity index (χ1) is 12.1. The molecule has 0 bridgehead atoms. The van der Waals surface area contributed by atoms with Gasteiger partial charge >= 0.3 is 0 Å². The van der Waals surface area contributed by atoms with Crippen molar-refractivity contribution in [3.05, 3.63) is 65.2 Å². The van der Waals surface area contributed by atoms with Crippen molar-refractivity contribution < 1.29 is 19.1 Å². The smallest absolute Gasteiger partial charge is 0.261 e. The van der Waals surface area contributed by atoms with Gasteiger partial charge in [0.15, 0.2) is 5.78 Å². The molecule has 0 atom stereocenters. The number of rotatable bonds is 7. The quantitative estimate of drug-likeness (QED) is 0.441. The molecular weight excluding hydrogens is 318 g/mol. The maximum Gasteiger partial charge on any atom is 0.261 e. The average molecular weight is 337 g/mol. The maximum atomic E-state index is 12.7. The summed E-state index contributed by atoms with van der Waals surface area (Å²) in [6, 6.07) is 13.5. The highest BCUT2D eigenvalue weighted by Gasteiger charge is 2.36. The van der Waals surface area contributed by atoms with Crippen LogP contribution in [0.4, 0.5) is 0 Å². The Balaban J connectivity index is 1.78. The molecule has 0 aliphatic carbocycles. The topological polar surface area (TPSA) is 63.7 Å². The number of benzene rings is 2. The number of carbonyl (C=O) groups excluding carboxylic acids is 3. The molecule has 1 aliphatic rings. The number of ether oxygens (including phenoxy) is 1. The Bertz CT molecular complexity index is 793. The molecule has 0 saturated heterocycles. The Morgan fingerprint density at radius 2 is 1.56 bits per heavy atom. The van der Waals surface area contributed by atoms with E-state index in [4.69, 9.17) is 4.74 Å². The second-order valence-corrected chi connectivity index (χ2v) is 5.86. The predicted octanol–water partition coefficient (Wildman–Crippen LogP) is 3.34. The summed E-state index contributed by atoms with van der Waals surface area (Å²) in [6.07, 6.45) is 1.88. The molecule has 5 nitrogen and oxygen atoms in total. The molecule has 0 aromatic heterocycles. The summed E-state index contributed by atoms with van der Waals surface area (Å²) in [5.41, 5.74) is 1.07. The lowest BCUT2D eigenvalue weighted by Gasteiger charge is -2.15. The molecule has 128 valence electrons. The van der Waals surface area contributed by atoms with Crippen LogP contribution in [0.25, 0.3) is 0 Å². The minimum atomic E-state index is -0.432. The van der Waals surface area contributed by atoms with Gasteiger partial charge in [-0.05, 0) is 30.7 Å². The summed E-state index contributed by atoms with van der Waals surface area (Å²) < 4.78 is 5.67. The molecule has 2 aromatic rings. The Kier molecular flexibility index (Phi) is 4.93. The monoisotopic (exact) mass is 337 g/mol. The van der Waals surface area contributed by atoms with Gasteiger partial charge in [-0.1, -0.05) is 37.6 Å². The van der Waals surface area contributed by atoms with Crippen molar-refractivity contribution in [2.75, 3.05) is 13.2 Å². The van der Waals surface area contributed by atoms with Crippen LogP contribution in [0, 0.1) is 0 Å². The lowest BCUT2D eigenvalue weighted by Crippen LogP contribution is -2.35. The number of hydrogen-bond acceptors (Lipinski definition) is 4. The minimum absolute atomic E-state index is 0.291. The molecule has 2 amide bonds. The van der Waals surface area contributed by atoms with Crippen molar-refractivity contribution in [1.29, 1.82) is 0 Å². The van der Waals surface area contributed by atoms with Crippen LogP contribution in [0.3, 0.4) is 0 Å². The lowest BCUT2D eigenvalue weighted by molar-refractivity contribution is 0.0623. The third kappa shape index (κ3) is 3.31. The molecule has 0 N–H and O–H groups in total. The average Bonchev–Trinajstić information content (AvgIpc) is 2.87. The first kappa shape index (κ1) is 16.9. The molecule has 25 heavy (non-hydrogen) atoms. The summed E-state index contributed by atoms with van der Waals surface area (Å²) in [5, 5.41) is 0. The van der Waals surface area contributed by atoms with Crippen LogP contribution in [0.2, 0.25) is 0 Å². The Labute approximate surface area is 146 Å². The van der Waals surface area contributed by atoms with Gasteiger partial charge in [0.2, 0.25) is 0 Å². The van der Waals surface area contributed by atoms with E-state index in [1.54, 1.807) is 48.5 Å². The molecule has 0 radical (unpaired) electrons. The normalized spacial score (nSPS) is 13.1. The lowest BCUT2D eigenvalue weighted by atomic mass is 10.1. The van der Waals surface area contributed by atoms with E-state index in [2.05, 4.69) is 6.92 Å². The second-order valence-electron chi connectivity index (χ2n) is 5.86. The summed E-state index contributed by atoms with van der Waals surface area (Å²) >= 11 is 0. The standard InChI is InChI=1S/C20H19NO4/c1-2-3-12-25-18-11-7-6-10-16(18)17(22)13-21-19(23)14-8-4-5-9-15(14)20(21)24/h4-11H,2-3,12-13H2,1H3. The van der Waals surface area contributed by atoms with E-state index >= 15 is 0 Å². The zero-order chi connectivity index (χ0) is 17.8. The van der Waals surface area contributed by atoms with Gasteiger partial charge in [-0.2, -0.15) is 0 Å². The van der Waals surface area contributed by atoms with E-state index in [1.807, 2.05) is 0 Å². The van der Waals surface area contributed by atoms with Crippen molar-refractivity contribution in [3.63, 3.8) is 0 Å². The van der Waals surface area contributed by atoms with Crippen LogP contribution in [0.15, 0.2) is 48.5 Å². The van der Waals surface area contributed by atoms with Crippen LogP contribution < -0.4 is 4.74 Å². The number of ketones is 1. The molecular formula is C20H19NO4. The number of Topliss-reactive ketones (excluding diaryl/α,β-unsaturated/α-hetero) is 1. The number of amides is 2. The Morgan fingerprint density at radius 3 is 2.20 bits per heavy atom. The predicted molar refractivity (Wildman–Crippen MR) is 93.0 cm³/mol. The second kappa shape index (κ2) is 7.30. The Hall–Kier alpha value is -2.95. The summed E-state index contributed by atoms with van der Waals surface area (Å²) in [7, 11) is 0.